The second kappa shape index (κ2) is 10.1. The van der Waals surface area contributed by atoms with Crippen LogP contribution in [0.2, 0.25) is 0 Å². The summed E-state index contributed by atoms with van der Waals surface area (Å²) in [6, 6.07) is 10.7. The zero-order chi connectivity index (χ0) is 27.0. The Kier molecular flexibility index (Phi) is 6.78. The minimum atomic E-state index is -4.75. The van der Waals surface area contributed by atoms with Crippen molar-refractivity contribution in [2.75, 3.05) is 18.5 Å². The predicted molar refractivity (Wildman–Crippen MR) is 136 cm³/mol. The molecular weight excluding hydrogens is 499 g/mol. The largest absolute Gasteiger partial charge is 0.417 e. The summed E-state index contributed by atoms with van der Waals surface area (Å²) in [5, 5.41) is 2.87. The van der Waals surface area contributed by atoms with E-state index in [1.54, 1.807) is 48.9 Å². The SMILES string of the molecule is Cc1cc(C(=O)Cc2ccccc2)c(C(F)(F)F)cc1Nc1ncc2c(n1)n(C1CCOCC1)c(=O)n2C. The van der Waals surface area contributed by atoms with E-state index in [2.05, 4.69) is 15.3 Å². The van der Waals surface area contributed by atoms with E-state index in [1.807, 2.05) is 0 Å². The molecule has 0 saturated carbocycles. The van der Waals surface area contributed by atoms with E-state index in [9.17, 15) is 22.8 Å². The van der Waals surface area contributed by atoms with Crippen LogP contribution < -0.4 is 11.0 Å². The molecule has 0 spiro atoms. The Labute approximate surface area is 216 Å². The molecule has 0 radical (unpaired) electrons. The van der Waals surface area contributed by atoms with Gasteiger partial charge in [-0.1, -0.05) is 30.3 Å². The summed E-state index contributed by atoms with van der Waals surface area (Å²) in [6.07, 6.45) is -2.12. The van der Waals surface area contributed by atoms with E-state index in [0.29, 0.717) is 48.3 Å². The molecule has 38 heavy (non-hydrogen) atoms. The maximum atomic E-state index is 14.0. The lowest BCUT2D eigenvalue weighted by Gasteiger charge is -2.23. The van der Waals surface area contributed by atoms with E-state index in [4.69, 9.17) is 4.74 Å². The molecular formula is C27H26F3N5O3. The third-order valence-electron chi connectivity index (χ3n) is 6.81. The fourth-order valence-electron chi connectivity index (χ4n) is 4.77. The van der Waals surface area contributed by atoms with Crippen molar-refractivity contribution in [3.63, 3.8) is 0 Å². The predicted octanol–water partition coefficient (Wildman–Crippen LogP) is 4.98. The Morgan fingerprint density at radius 3 is 2.55 bits per heavy atom. The number of nitrogens with zero attached hydrogens (tertiary/aromatic N) is 4. The maximum absolute atomic E-state index is 14.0. The number of carbonyl (C=O) groups excluding carboxylic acids is 1. The molecule has 3 heterocycles. The van der Waals surface area contributed by atoms with Gasteiger partial charge in [-0.05, 0) is 43.0 Å². The Balaban J connectivity index is 1.51. The zero-order valence-electron chi connectivity index (χ0n) is 20.9. The number of fused-ring (bicyclic) bond motifs is 1. The number of imidazole rings is 1. The number of halogens is 3. The molecule has 1 saturated heterocycles. The molecule has 8 nitrogen and oxygen atoms in total. The number of anilines is 2. The van der Waals surface area contributed by atoms with Crippen molar-refractivity contribution in [2.45, 2.75) is 38.4 Å². The van der Waals surface area contributed by atoms with Crippen LogP contribution in [-0.2, 0) is 24.4 Å². The van der Waals surface area contributed by atoms with Gasteiger partial charge in [-0.3, -0.25) is 13.9 Å². The minimum absolute atomic E-state index is 0.0449. The highest BCUT2D eigenvalue weighted by Gasteiger charge is 2.36. The summed E-state index contributed by atoms with van der Waals surface area (Å²) in [7, 11) is 1.63. The quantitative estimate of drug-likeness (QED) is 0.357. The number of aryl methyl sites for hydroxylation is 2. The van der Waals surface area contributed by atoms with Crippen LogP contribution in [0.3, 0.4) is 0 Å². The summed E-state index contributed by atoms with van der Waals surface area (Å²) in [5.41, 5.74) is 0.410. The van der Waals surface area contributed by atoms with Gasteiger partial charge in [0.05, 0.1) is 11.8 Å². The average molecular weight is 526 g/mol. The lowest BCUT2D eigenvalue weighted by molar-refractivity contribution is -0.137. The molecule has 0 unspecified atom stereocenters. The fraction of sp³-hybridized carbons (Fsp3) is 0.333. The van der Waals surface area contributed by atoms with E-state index in [0.717, 1.165) is 6.07 Å². The second-order valence-electron chi connectivity index (χ2n) is 9.38. The number of carbonyl (C=O) groups is 1. The number of nitrogens with one attached hydrogen (secondary N) is 1. The zero-order valence-corrected chi connectivity index (χ0v) is 20.9. The molecule has 4 aromatic rings. The average Bonchev–Trinajstić information content (AvgIpc) is 3.14. The van der Waals surface area contributed by atoms with Crippen LogP contribution >= 0.6 is 0 Å². The Hall–Kier alpha value is -3.99. The van der Waals surface area contributed by atoms with Gasteiger partial charge in [0, 0.05) is 44.0 Å². The van der Waals surface area contributed by atoms with Gasteiger partial charge in [-0.2, -0.15) is 18.2 Å². The van der Waals surface area contributed by atoms with Crippen LogP contribution in [0, 0.1) is 6.92 Å². The molecule has 2 aromatic heterocycles. The first-order chi connectivity index (χ1) is 18.1. The fourth-order valence-corrected chi connectivity index (χ4v) is 4.77. The van der Waals surface area contributed by atoms with Crippen LogP contribution in [0.4, 0.5) is 24.8 Å². The highest BCUT2D eigenvalue weighted by atomic mass is 19.4. The lowest BCUT2D eigenvalue weighted by Crippen LogP contribution is -2.30. The van der Waals surface area contributed by atoms with Crippen LogP contribution in [0.5, 0.6) is 0 Å². The van der Waals surface area contributed by atoms with Gasteiger partial charge in [0.1, 0.15) is 5.52 Å². The van der Waals surface area contributed by atoms with Crippen molar-refractivity contribution in [3.8, 4) is 0 Å². The van der Waals surface area contributed by atoms with Gasteiger partial charge in [0.25, 0.3) is 0 Å². The van der Waals surface area contributed by atoms with Crippen LogP contribution in [0.15, 0.2) is 53.5 Å². The molecule has 1 N–H and O–H groups in total. The van der Waals surface area contributed by atoms with Gasteiger partial charge >= 0.3 is 11.9 Å². The van der Waals surface area contributed by atoms with Crippen molar-refractivity contribution in [1.29, 1.82) is 0 Å². The standard InChI is InChI=1S/C27H26F3N5O3/c1-16-12-19(23(36)13-17-6-4-3-5-7-17)20(27(28,29)30)14-21(16)32-25-31-15-22-24(33-25)35(26(37)34(22)2)18-8-10-38-11-9-18/h3-7,12,14-15,18H,8-11,13H2,1-2H3,(H,31,32,33). The normalized spacial score (nSPS) is 14.7. The molecule has 198 valence electrons. The third kappa shape index (κ3) is 4.93. The molecule has 5 rings (SSSR count). The van der Waals surface area contributed by atoms with E-state index in [-0.39, 0.29) is 29.8 Å². The molecule has 11 heteroatoms. The summed E-state index contributed by atoms with van der Waals surface area (Å²) >= 11 is 0. The van der Waals surface area contributed by atoms with Crippen molar-refractivity contribution < 1.29 is 22.7 Å². The number of alkyl halides is 3. The lowest BCUT2D eigenvalue weighted by atomic mass is 9.95. The van der Waals surface area contributed by atoms with Crippen LogP contribution in [0.1, 0.15) is 45.9 Å². The molecule has 2 aromatic carbocycles. The smallest absolute Gasteiger partial charge is 0.381 e. The highest BCUT2D eigenvalue weighted by molar-refractivity contribution is 6.00. The molecule has 0 amide bonds. The number of benzene rings is 2. The summed E-state index contributed by atoms with van der Waals surface area (Å²) in [4.78, 5) is 34.6. The van der Waals surface area contributed by atoms with Crippen molar-refractivity contribution in [1.82, 2.24) is 19.1 Å². The second-order valence-corrected chi connectivity index (χ2v) is 9.38. The highest BCUT2D eigenvalue weighted by Crippen LogP contribution is 2.36. The molecule has 0 aliphatic carbocycles. The van der Waals surface area contributed by atoms with Crippen molar-refractivity contribution in [2.24, 2.45) is 7.05 Å². The minimum Gasteiger partial charge on any atom is -0.381 e. The number of aromatic nitrogens is 4. The topological polar surface area (TPSA) is 91.0 Å². The molecule has 1 aliphatic rings. The monoisotopic (exact) mass is 525 g/mol. The molecule has 0 bridgehead atoms. The molecule has 1 fully saturated rings. The van der Waals surface area contributed by atoms with Crippen molar-refractivity contribution >= 4 is 28.6 Å². The Morgan fingerprint density at radius 2 is 1.87 bits per heavy atom. The van der Waals surface area contributed by atoms with E-state index in [1.165, 1.54) is 16.8 Å². The van der Waals surface area contributed by atoms with Crippen molar-refractivity contribution in [3.05, 3.63) is 81.4 Å². The number of rotatable bonds is 6. The maximum Gasteiger partial charge on any atom is 0.417 e. The van der Waals surface area contributed by atoms with E-state index >= 15 is 0 Å². The molecule has 1 aliphatic heterocycles. The van der Waals surface area contributed by atoms with Crippen LogP contribution in [0.25, 0.3) is 11.2 Å². The number of hydrogen-bond acceptors (Lipinski definition) is 6. The number of ketones is 1. The third-order valence-corrected chi connectivity index (χ3v) is 6.81. The summed E-state index contributed by atoms with van der Waals surface area (Å²) < 4.78 is 50.6. The molecule has 0 atom stereocenters. The number of Topliss-reactive ketones (excluding diaryl/α,β-unsaturated/α-hetero) is 1. The van der Waals surface area contributed by atoms with Gasteiger partial charge < -0.3 is 10.1 Å². The van der Waals surface area contributed by atoms with Gasteiger partial charge in [0.2, 0.25) is 5.95 Å². The van der Waals surface area contributed by atoms with Gasteiger partial charge in [0.15, 0.2) is 11.4 Å². The first-order valence-electron chi connectivity index (χ1n) is 12.2. The summed E-state index contributed by atoms with van der Waals surface area (Å²) in [6.45, 7) is 2.66. The number of ether oxygens (including phenoxy) is 1. The first-order valence-corrected chi connectivity index (χ1v) is 12.2. The Bertz CT molecular complexity index is 1550. The Morgan fingerprint density at radius 1 is 1.16 bits per heavy atom. The van der Waals surface area contributed by atoms with Gasteiger partial charge in [-0.25, -0.2) is 9.78 Å². The van der Waals surface area contributed by atoms with E-state index < -0.39 is 23.1 Å². The number of hydrogen-bond donors (Lipinski definition) is 1. The first kappa shape index (κ1) is 25.7. The van der Waals surface area contributed by atoms with Gasteiger partial charge in [-0.15, -0.1) is 0 Å². The van der Waals surface area contributed by atoms with Crippen LogP contribution in [-0.4, -0.2) is 38.1 Å². The summed E-state index contributed by atoms with van der Waals surface area (Å²) in [5.74, 6) is -0.580.